The molecule has 3 heteroatoms. The highest BCUT2D eigenvalue weighted by Crippen LogP contribution is 2.59. The van der Waals surface area contributed by atoms with Crippen molar-refractivity contribution in [2.75, 3.05) is 14.2 Å². The molecule has 1 saturated carbocycles. The van der Waals surface area contributed by atoms with Crippen molar-refractivity contribution in [1.82, 2.24) is 0 Å². The molecule has 3 rings (SSSR count). The molecular formula is C16H24O3. The van der Waals surface area contributed by atoms with Crippen molar-refractivity contribution < 1.29 is 14.6 Å². The first-order valence-corrected chi connectivity index (χ1v) is 7.34. The van der Waals surface area contributed by atoms with Gasteiger partial charge in [-0.05, 0) is 37.2 Å². The first-order valence-electron chi connectivity index (χ1n) is 7.34. The summed E-state index contributed by atoms with van der Waals surface area (Å²) in [6.07, 6.45) is 10.6. The van der Waals surface area contributed by atoms with E-state index in [1.807, 2.05) is 0 Å². The van der Waals surface area contributed by atoms with Gasteiger partial charge in [-0.1, -0.05) is 25.2 Å². The van der Waals surface area contributed by atoms with Gasteiger partial charge in [-0.2, -0.15) is 0 Å². The van der Waals surface area contributed by atoms with Crippen molar-refractivity contribution in [3.8, 4) is 0 Å². The molecule has 0 aromatic heterocycles. The molecule has 0 saturated heterocycles. The van der Waals surface area contributed by atoms with E-state index in [-0.39, 0.29) is 11.8 Å². The minimum atomic E-state index is -0.775. The van der Waals surface area contributed by atoms with Crippen LogP contribution in [0.5, 0.6) is 0 Å². The smallest absolute Gasteiger partial charge is 0.183 e. The lowest BCUT2D eigenvalue weighted by atomic mass is 9.76. The predicted molar refractivity (Wildman–Crippen MR) is 73.5 cm³/mol. The van der Waals surface area contributed by atoms with Crippen LogP contribution in [0.3, 0.4) is 0 Å². The Hall–Kier alpha value is -0.640. The number of fused-ring (bicyclic) bond motifs is 2. The van der Waals surface area contributed by atoms with Crippen LogP contribution in [0, 0.1) is 17.8 Å². The second-order valence-electron chi connectivity index (χ2n) is 6.07. The fourth-order valence-electron chi connectivity index (χ4n) is 4.56. The number of aliphatic hydroxyl groups is 1. The monoisotopic (exact) mass is 264 g/mol. The molecule has 0 unspecified atom stereocenters. The van der Waals surface area contributed by atoms with E-state index in [2.05, 4.69) is 25.2 Å². The SMILES string of the molecule is CC[C@@H]1CCC=C1[C@@]1(O)C[C@H]2C=C[C@H]1C2(OC)OC. The minimum Gasteiger partial charge on any atom is -0.385 e. The van der Waals surface area contributed by atoms with Gasteiger partial charge >= 0.3 is 0 Å². The lowest BCUT2D eigenvalue weighted by Gasteiger charge is -2.38. The third kappa shape index (κ3) is 1.55. The van der Waals surface area contributed by atoms with Crippen molar-refractivity contribution in [1.29, 1.82) is 0 Å². The van der Waals surface area contributed by atoms with E-state index >= 15 is 0 Å². The first kappa shape index (κ1) is 13.3. The van der Waals surface area contributed by atoms with Crippen LogP contribution in [0.1, 0.15) is 32.6 Å². The van der Waals surface area contributed by atoms with Gasteiger partial charge in [-0.15, -0.1) is 0 Å². The highest BCUT2D eigenvalue weighted by molar-refractivity contribution is 5.37. The van der Waals surface area contributed by atoms with Crippen LogP contribution in [0.4, 0.5) is 0 Å². The van der Waals surface area contributed by atoms with Crippen molar-refractivity contribution in [2.24, 2.45) is 17.8 Å². The summed E-state index contributed by atoms with van der Waals surface area (Å²) in [4.78, 5) is 0. The molecule has 0 aromatic rings. The van der Waals surface area contributed by atoms with Gasteiger partial charge in [0.1, 0.15) is 0 Å². The molecule has 106 valence electrons. The number of ether oxygens (including phenoxy) is 2. The number of methoxy groups -OCH3 is 2. The Morgan fingerprint density at radius 1 is 1.32 bits per heavy atom. The van der Waals surface area contributed by atoms with Crippen LogP contribution in [0.15, 0.2) is 23.8 Å². The summed E-state index contributed by atoms with van der Waals surface area (Å²) in [5, 5.41) is 11.3. The van der Waals surface area contributed by atoms with Gasteiger partial charge in [0, 0.05) is 20.1 Å². The molecule has 0 heterocycles. The molecule has 0 radical (unpaired) electrons. The van der Waals surface area contributed by atoms with Gasteiger partial charge in [-0.25, -0.2) is 0 Å². The number of hydrogen-bond donors (Lipinski definition) is 1. The molecule has 3 nitrogen and oxygen atoms in total. The fourth-order valence-corrected chi connectivity index (χ4v) is 4.56. The van der Waals surface area contributed by atoms with Crippen molar-refractivity contribution >= 4 is 0 Å². The van der Waals surface area contributed by atoms with Gasteiger partial charge in [0.05, 0.1) is 11.5 Å². The van der Waals surface area contributed by atoms with Gasteiger partial charge in [0.15, 0.2) is 5.79 Å². The van der Waals surface area contributed by atoms with Gasteiger partial charge in [0.2, 0.25) is 0 Å². The van der Waals surface area contributed by atoms with Crippen LogP contribution >= 0.6 is 0 Å². The standard InChI is InChI=1S/C16H24O3/c1-4-11-6-5-7-13(11)15(17)10-12-8-9-14(15)16(12,18-2)19-3/h7-9,11-12,14,17H,4-6,10H2,1-3H3/t11-,12-,14-,15+/m1/s1. The molecule has 1 fully saturated rings. The zero-order valence-electron chi connectivity index (χ0n) is 12.1. The zero-order chi connectivity index (χ0) is 13.7. The van der Waals surface area contributed by atoms with Crippen LogP contribution in [-0.2, 0) is 9.47 Å². The Kier molecular flexibility index (Phi) is 3.12. The number of hydrogen-bond acceptors (Lipinski definition) is 3. The molecule has 0 spiro atoms. The van der Waals surface area contributed by atoms with Crippen LogP contribution in [-0.4, -0.2) is 30.7 Å². The van der Waals surface area contributed by atoms with Gasteiger partial charge in [-0.3, -0.25) is 0 Å². The minimum absolute atomic E-state index is 0.0848. The first-order chi connectivity index (χ1) is 9.12. The average Bonchev–Trinajstić information content (AvgIpc) is 3.09. The quantitative estimate of drug-likeness (QED) is 0.626. The van der Waals surface area contributed by atoms with Crippen LogP contribution in [0.25, 0.3) is 0 Å². The topological polar surface area (TPSA) is 38.7 Å². The lowest BCUT2D eigenvalue weighted by Crippen LogP contribution is -2.46. The predicted octanol–water partition coefficient (Wildman–Crippen LogP) is 2.66. The van der Waals surface area contributed by atoms with Crippen LogP contribution in [0.2, 0.25) is 0 Å². The highest BCUT2D eigenvalue weighted by atomic mass is 16.7. The molecule has 1 N–H and O–H groups in total. The molecule has 3 aliphatic rings. The van der Waals surface area contributed by atoms with E-state index in [0.29, 0.717) is 5.92 Å². The molecule has 4 atom stereocenters. The van der Waals surface area contributed by atoms with Crippen LogP contribution < -0.4 is 0 Å². The second kappa shape index (κ2) is 4.44. The largest absolute Gasteiger partial charge is 0.385 e. The Bertz CT molecular complexity index is 422. The summed E-state index contributed by atoms with van der Waals surface area (Å²) in [6, 6.07) is 0. The maximum atomic E-state index is 11.3. The molecule has 3 aliphatic carbocycles. The Labute approximate surface area is 115 Å². The van der Waals surface area contributed by atoms with Crippen molar-refractivity contribution in [3.05, 3.63) is 23.8 Å². The Morgan fingerprint density at radius 2 is 2.05 bits per heavy atom. The summed E-state index contributed by atoms with van der Waals surface area (Å²) >= 11 is 0. The van der Waals surface area contributed by atoms with E-state index in [1.165, 1.54) is 12.0 Å². The molecule has 19 heavy (non-hydrogen) atoms. The van der Waals surface area contributed by atoms with E-state index < -0.39 is 11.4 Å². The molecule has 0 amide bonds. The third-order valence-corrected chi connectivity index (χ3v) is 5.48. The van der Waals surface area contributed by atoms with E-state index in [1.54, 1.807) is 14.2 Å². The summed E-state index contributed by atoms with van der Waals surface area (Å²) in [5.41, 5.74) is 0.452. The van der Waals surface area contributed by atoms with E-state index in [9.17, 15) is 5.11 Å². The van der Waals surface area contributed by atoms with Crippen molar-refractivity contribution in [2.45, 2.75) is 44.0 Å². The summed E-state index contributed by atoms with van der Waals surface area (Å²) in [6.45, 7) is 2.20. The fraction of sp³-hybridized carbons (Fsp3) is 0.750. The average molecular weight is 264 g/mol. The zero-order valence-corrected chi connectivity index (χ0v) is 12.1. The normalized spacial score (nSPS) is 42.9. The number of allylic oxidation sites excluding steroid dienone is 1. The summed E-state index contributed by atoms with van der Waals surface area (Å²) in [5.74, 6) is -0.0877. The summed E-state index contributed by atoms with van der Waals surface area (Å²) < 4.78 is 11.4. The maximum Gasteiger partial charge on any atom is 0.183 e. The van der Waals surface area contributed by atoms with Gasteiger partial charge in [0.25, 0.3) is 0 Å². The number of rotatable bonds is 4. The maximum absolute atomic E-state index is 11.3. The summed E-state index contributed by atoms with van der Waals surface area (Å²) in [7, 11) is 3.37. The Morgan fingerprint density at radius 3 is 2.63 bits per heavy atom. The molecule has 0 aliphatic heterocycles. The van der Waals surface area contributed by atoms with E-state index in [4.69, 9.17) is 9.47 Å². The molecule has 2 bridgehead atoms. The Balaban J connectivity index is 1.97. The van der Waals surface area contributed by atoms with Gasteiger partial charge < -0.3 is 14.6 Å². The van der Waals surface area contributed by atoms with Crippen molar-refractivity contribution in [3.63, 3.8) is 0 Å². The molecule has 0 aromatic carbocycles. The second-order valence-corrected chi connectivity index (χ2v) is 6.07. The third-order valence-electron chi connectivity index (χ3n) is 5.48. The molecular weight excluding hydrogens is 240 g/mol. The van der Waals surface area contributed by atoms with E-state index in [0.717, 1.165) is 19.3 Å². The highest BCUT2D eigenvalue weighted by Gasteiger charge is 2.66. The lowest BCUT2D eigenvalue weighted by molar-refractivity contribution is -0.238.